The van der Waals surface area contributed by atoms with Crippen LogP contribution in [0.2, 0.25) is 5.02 Å². The van der Waals surface area contributed by atoms with E-state index in [4.69, 9.17) is 26.6 Å². The maximum absolute atomic E-state index is 12.0. The molecule has 36 heavy (non-hydrogen) atoms. The molecule has 8 nitrogen and oxygen atoms in total. The number of halogens is 1. The molecule has 1 aliphatic rings. The molecule has 4 N–H and O–H groups in total. The van der Waals surface area contributed by atoms with E-state index >= 15 is 0 Å². The lowest BCUT2D eigenvalue weighted by Crippen LogP contribution is -2.26. The minimum absolute atomic E-state index is 0.0899. The van der Waals surface area contributed by atoms with Crippen LogP contribution in [0.1, 0.15) is 50.3 Å². The van der Waals surface area contributed by atoms with Crippen molar-refractivity contribution in [2.24, 2.45) is 5.41 Å². The Morgan fingerprint density at radius 1 is 0.972 bits per heavy atom. The first-order valence-corrected chi connectivity index (χ1v) is 12.3. The Bertz CT molecular complexity index is 1030. The Morgan fingerprint density at radius 3 is 2.17 bits per heavy atom. The average molecular weight is 519 g/mol. The number of carbonyl (C=O) groups is 3. The van der Waals surface area contributed by atoms with Crippen molar-refractivity contribution in [1.82, 2.24) is 5.32 Å². The second-order valence-electron chi connectivity index (χ2n) is 9.56. The molecular weight excluding hydrogens is 484 g/mol. The van der Waals surface area contributed by atoms with Crippen LogP contribution in [0.4, 0.5) is 5.69 Å². The number of carboxylic acids is 2. The molecule has 2 aromatic carbocycles. The summed E-state index contributed by atoms with van der Waals surface area (Å²) in [4.78, 5) is 31.3. The van der Waals surface area contributed by atoms with E-state index in [9.17, 15) is 14.4 Å². The third-order valence-corrected chi connectivity index (χ3v) is 5.95. The summed E-state index contributed by atoms with van der Waals surface area (Å²) in [6, 6.07) is 12.0. The summed E-state index contributed by atoms with van der Waals surface area (Å²) in [5.41, 5.74) is 4.47. The molecule has 1 heterocycles. The van der Waals surface area contributed by atoms with Crippen LogP contribution < -0.4 is 15.4 Å². The highest BCUT2D eigenvalue weighted by Crippen LogP contribution is 2.31. The normalized spacial score (nSPS) is 12.9. The van der Waals surface area contributed by atoms with Crippen molar-refractivity contribution in [3.63, 3.8) is 0 Å². The highest BCUT2D eigenvalue weighted by molar-refractivity contribution is 6.33. The monoisotopic (exact) mass is 518 g/mol. The highest BCUT2D eigenvalue weighted by atomic mass is 35.5. The zero-order chi connectivity index (χ0) is 26.7. The molecule has 0 unspecified atom stereocenters. The van der Waals surface area contributed by atoms with Crippen LogP contribution in [0, 0.1) is 5.41 Å². The summed E-state index contributed by atoms with van der Waals surface area (Å²) in [6.45, 7) is 8.47. The molecule has 9 heteroatoms. The van der Waals surface area contributed by atoms with Crippen molar-refractivity contribution >= 4 is 35.0 Å². The molecule has 0 aromatic heterocycles. The van der Waals surface area contributed by atoms with E-state index in [2.05, 4.69) is 16.7 Å². The smallest absolute Gasteiger partial charge is 0.303 e. The molecule has 0 aliphatic carbocycles. The van der Waals surface area contributed by atoms with Gasteiger partial charge in [0.15, 0.2) is 5.78 Å². The first kappa shape index (κ1) is 29.1. The molecule has 0 saturated heterocycles. The fourth-order valence-electron chi connectivity index (χ4n) is 3.41. The van der Waals surface area contributed by atoms with Gasteiger partial charge in [0.2, 0.25) is 0 Å². The van der Waals surface area contributed by atoms with Crippen molar-refractivity contribution in [2.75, 3.05) is 25.0 Å². The standard InChI is InChI=1S/C23H29ClN2O2.C4H6O4/c1-23(2,3)21(27)15-28-18-7-4-16(5-8-18)14-26-22-19-11-13-25-12-10-17(19)6-9-20(22)24;5-3(6)1-2-4(7)8/h4-9,25-26H,10-15H2,1-3H3;1-2H2,(H,5,6)(H,7,8). The van der Waals surface area contributed by atoms with E-state index in [0.29, 0.717) is 12.3 Å². The second-order valence-corrected chi connectivity index (χ2v) is 9.96. The van der Waals surface area contributed by atoms with Crippen molar-refractivity contribution in [3.8, 4) is 5.75 Å². The molecule has 0 fully saturated rings. The lowest BCUT2D eigenvalue weighted by molar-refractivity contribution is -0.143. The van der Waals surface area contributed by atoms with E-state index in [1.807, 2.05) is 51.1 Å². The number of aliphatic carboxylic acids is 2. The van der Waals surface area contributed by atoms with Crippen molar-refractivity contribution in [1.29, 1.82) is 0 Å². The second kappa shape index (κ2) is 13.8. The van der Waals surface area contributed by atoms with E-state index in [-0.39, 0.29) is 30.6 Å². The Balaban J connectivity index is 0.000000493. The first-order valence-electron chi connectivity index (χ1n) is 11.9. The Labute approximate surface area is 217 Å². The Hall–Kier alpha value is -3.10. The fourth-order valence-corrected chi connectivity index (χ4v) is 3.65. The molecular formula is C27H35ClN2O6. The number of benzene rings is 2. The number of carboxylic acid groups (broad SMARTS) is 2. The van der Waals surface area contributed by atoms with Gasteiger partial charge in [-0.1, -0.05) is 50.6 Å². The summed E-state index contributed by atoms with van der Waals surface area (Å²) in [5, 5.41) is 23.5. The number of nitrogens with one attached hydrogen (secondary N) is 2. The first-order chi connectivity index (χ1) is 17.0. The molecule has 196 valence electrons. The van der Waals surface area contributed by atoms with Gasteiger partial charge in [0.25, 0.3) is 0 Å². The van der Waals surface area contributed by atoms with Gasteiger partial charge in [0.05, 0.1) is 23.6 Å². The third-order valence-electron chi connectivity index (χ3n) is 5.63. The van der Waals surface area contributed by atoms with Gasteiger partial charge in [-0.15, -0.1) is 0 Å². The molecule has 0 amide bonds. The molecule has 0 saturated carbocycles. The summed E-state index contributed by atoms with van der Waals surface area (Å²) in [7, 11) is 0. The van der Waals surface area contributed by atoms with E-state index in [1.165, 1.54) is 11.1 Å². The number of ether oxygens (including phenoxy) is 1. The van der Waals surface area contributed by atoms with Crippen LogP contribution in [-0.2, 0) is 33.8 Å². The fraction of sp³-hybridized carbons (Fsp3) is 0.444. The third kappa shape index (κ3) is 9.87. The van der Waals surface area contributed by atoms with Gasteiger partial charge >= 0.3 is 11.9 Å². The number of ketones is 1. The van der Waals surface area contributed by atoms with Gasteiger partial charge < -0.3 is 25.6 Å². The zero-order valence-corrected chi connectivity index (χ0v) is 21.8. The lowest BCUT2D eigenvalue weighted by atomic mass is 9.91. The Morgan fingerprint density at radius 2 is 1.58 bits per heavy atom. The van der Waals surface area contributed by atoms with Gasteiger partial charge in [-0.2, -0.15) is 0 Å². The number of Topliss-reactive ketones (excluding diaryl/α,β-unsaturated/α-hetero) is 1. The van der Waals surface area contributed by atoms with E-state index in [1.54, 1.807) is 0 Å². The van der Waals surface area contributed by atoms with E-state index in [0.717, 1.165) is 42.2 Å². The van der Waals surface area contributed by atoms with E-state index < -0.39 is 11.9 Å². The van der Waals surface area contributed by atoms with Crippen LogP contribution >= 0.6 is 11.6 Å². The molecule has 0 atom stereocenters. The molecule has 2 aromatic rings. The van der Waals surface area contributed by atoms with Crippen LogP contribution in [0.15, 0.2) is 36.4 Å². The molecule has 0 radical (unpaired) electrons. The maximum Gasteiger partial charge on any atom is 0.303 e. The molecule has 3 rings (SSSR count). The summed E-state index contributed by atoms with van der Waals surface area (Å²) in [6.07, 6.45) is 1.41. The number of hydrogen-bond donors (Lipinski definition) is 4. The number of anilines is 1. The number of fused-ring (bicyclic) bond motifs is 1. The van der Waals surface area contributed by atoms with Crippen LogP contribution in [-0.4, -0.2) is 47.6 Å². The lowest BCUT2D eigenvalue weighted by Gasteiger charge is -2.17. The predicted octanol–water partition coefficient (Wildman–Crippen LogP) is 4.57. The quantitative estimate of drug-likeness (QED) is 0.380. The zero-order valence-electron chi connectivity index (χ0n) is 21.0. The molecule has 0 bridgehead atoms. The Kier molecular flexibility index (Phi) is 11.2. The predicted molar refractivity (Wildman–Crippen MR) is 140 cm³/mol. The van der Waals surface area contributed by atoms with Gasteiger partial charge in [0, 0.05) is 12.0 Å². The van der Waals surface area contributed by atoms with Gasteiger partial charge in [0.1, 0.15) is 12.4 Å². The average Bonchev–Trinajstić information content (AvgIpc) is 3.07. The summed E-state index contributed by atoms with van der Waals surface area (Å²) >= 11 is 6.48. The van der Waals surface area contributed by atoms with Gasteiger partial charge in [-0.25, -0.2) is 0 Å². The molecule has 0 spiro atoms. The number of carbonyl (C=O) groups excluding carboxylic acids is 1. The van der Waals surface area contributed by atoms with Crippen LogP contribution in [0.25, 0.3) is 0 Å². The van der Waals surface area contributed by atoms with Gasteiger partial charge in [-0.3, -0.25) is 14.4 Å². The van der Waals surface area contributed by atoms with Crippen LogP contribution in [0.5, 0.6) is 5.75 Å². The molecule has 1 aliphatic heterocycles. The van der Waals surface area contributed by atoms with Crippen molar-refractivity contribution < 1.29 is 29.3 Å². The minimum Gasteiger partial charge on any atom is -0.486 e. The number of hydrogen-bond acceptors (Lipinski definition) is 6. The van der Waals surface area contributed by atoms with Crippen LogP contribution in [0.3, 0.4) is 0 Å². The highest BCUT2D eigenvalue weighted by Gasteiger charge is 2.21. The summed E-state index contributed by atoms with van der Waals surface area (Å²) in [5.74, 6) is -1.36. The minimum atomic E-state index is -1.08. The van der Waals surface area contributed by atoms with Crippen molar-refractivity contribution in [3.05, 3.63) is 58.1 Å². The number of rotatable bonds is 9. The van der Waals surface area contributed by atoms with Crippen molar-refractivity contribution in [2.45, 2.75) is 53.0 Å². The summed E-state index contributed by atoms with van der Waals surface area (Å²) < 4.78 is 5.62. The topological polar surface area (TPSA) is 125 Å². The largest absolute Gasteiger partial charge is 0.486 e. The SMILES string of the molecule is CC(C)(C)C(=O)COc1ccc(CNc2c(Cl)ccc3c2CCNCC3)cc1.O=C(O)CCC(=O)O. The maximum atomic E-state index is 12.0. The van der Waals surface area contributed by atoms with Gasteiger partial charge in [-0.05, 0) is 60.8 Å².